The van der Waals surface area contributed by atoms with E-state index in [1.165, 1.54) is 51.2 Å². The van der Waals surface area contributed by atoms with Gasteiger partial charge in [0.15, 0.2) is 9.84 Å². The van der Waals surface area contributed by atoms with Crippen molar-refractivity contribution >= 4 is 9.84 Å². The summed E-state index contributed by atoms with van der Waals surface area (Å²) in [7, 11) is -3.08. The van der Waals surface area contributed by atoms with Crippen molar-refractivity contribution in [1.82, 2.24) is 5.32 Å². The highest BCUT2D eigenvalue weighted by molar-refractivity contribution is 7.90. The Morgan fingerprint density at radius 3 is 2.05 bits per heavy atom. The van der Waals surface area contributed by atoms with E-state index in [1.54, 1.807) is 12.1 Å². The summed E-state index contributed by atoms with van der Waals surface area (Å²) in [6, 6.07) is 7.13. The van der Waals surface area contributed by atoms with Crippen LogP contribution >= 0.6 is 0 Å². The average Bonchev–Trinajstić information content (AvgIpc) is 2.45. The predicted molar refractivity (Wildman–Crippen MR) is 89.3 cm³/mol. The summed E-state index contributed by atoms with van der Waals surface area (Å²) in [6.07, 6.45) is 10.5. The van der Waals surface area contributed by atoms with Gasteiger partial charge in [-0.1, -0.05) is 57.6 Å². The van der Waals surface area contributed by atoms with Crippen LogP contribution in [-0.2, 0) is 16.4 Å². The lowest BCUT2D eigenvalue weighted by Gasteiger charge is -2.06. The average molecular weight is 311 g/mol. The molecule has 1 aromatic rings. The van der Waals surface area contributed by atoms with Gasteiger partial charge < -0.3 is 5.32 Å². The molecule has 0 aromatic heterocycles. The molecule has 0 fully saturated rings. The van der Waals surface area contributed by atoms with Gasteiger partial charge in [0.1, 0.15) is 0 Å². The lowest BCUT2D eigenvalue weighted by atomic mass is 10.1. The Morgan fingerprint density at radius 1 is 0.905 bits per heavy atom. The van der Waals surface area contributed by atoms with Crippen molar-refractivity contribution in [2.75, 3.05) is 12.8 Å². The number of hydrogen-bond acceptors (Lipinski definition) is 3. The topological polar surface area (TPSA) is 46.2 Å². The number of rotatable bonds is 11. The van der Waals surface area contributed by atoms with Crippen molar-refractivity contribution in [3.8, 4) is 0 Å². The van der Waals surface area contributed by atoms with E-state index in [0.29, 0.717) is 4.90 Å². The molecule has 0 aliphatic rings. The van der Waals surface area contributed by atoms with Crippen molar-refractivity contribution in [2.24, 2.45) is 0 Å². The maximum Gasteiger partial charge on any atom is 0.175 e. The largest absolute Gasteiger partial charge is 0.313 e. The summed E-state index contributed by atoms with van der Waals surface area (Å²) < 4.78 is 22.7. The molecule has 0 heterocycles. The molecule has 0 radical (unpaired) electrons. The maximum absolute atomic E-state index is 11.4. The van der Waals surface area contributed by atoms with E-state index in [0.717, 1.165) is 18.7 Å². The van der Waals surface area contributed by atoms with Crippen LogP contribution in [0.3, 0.4) is 0 Å². The molecule has 0 amide bonds. The molecule has 0 unspecified atom stereocenters. The fraction of sp³-hybridized carbons (Fsp3) is 0.647. The second-order valence-electron chi connectivity index (χ2n) is 5.71. The van der Waals surface area contributed by atoms with Crippen LogP contribution in [0, 0.1) is 0 Å². The van der Waals surface area contributed by atoms with Crippen molar-refractivity contribution in [3.63, 3.8) is 0 Å². The van der Waals surface area contributed by atoms with Crippen molar-refractivity contribution in [2.45, 2.75) is 63.3 Å². The van der Waals surface area contributed by atoms with Crippen LogP contribution in [0.4, 0.5) is 0 Å². The summed E-state index contributed by atoms with van der Waals surface area (Å²) in [6.45, 7) is 4.08. The summed E-state index contributed by atoms with van der Waals surface area (Å²) >= 11 is 0. The molecule has 0 aliphatic carbocycles. The van der Waals surface area contributed by atoms with E-state index in [1.807, 2.05) is 12.1 Å². The molecule has 21 heavy (non-hydrogen) atoms. The summed E-state index contributed by atoms with van der Waals surface area (Å²) in [5.74, 6) is 0. The molecule has 1 N–H and O–H groups in total. The molecule has 3 nitrogen and oxygen atoms in total. The van der Waals surface area contributed by atoms with Gasteiger partial charge in [0.2, 0.25) is 0 Å². The van der Waals surface area contributed by atoms with Gasteiger partial charge in [0.05, 0.1) is 4.90 Å². The first-order chi connectivity index (χ1) is 10.0. The minimum absolute atomic E-state index is 0.387. The number of unbranched alkanes of at least 4 members (excludes halogenated alkanes) is 6. The van der Waals surface area contributed by atoms with Gasteiger partial charge in [-0.2, -0.15) is 0 Å². The zero-order valence-corrected chi connectivity index (χ0v) is 14.2. The summed E-state index contributed by atoms with van der Waals surface area (Å²) in [5.41, 5.74) is 1.13. The van der Waals surface area contributed by atoms with Gasteiger partial charge in [-0.05, 0) is 30.7 Å². The summed E-state index contributed by atoms with van der Waals surface area (Å²) in [4.78, 5) is 0.387. The molecule has 120 valence electrons. The molecule has 4 heteroatoms. The van der Waals surface area contributed by atoms with Gasteiger partial charge >= 0.3 is 0 Å². The molecular formula is C17H29NO2S. The highest BCUT2D eigenvalue weighted by atomic mass is 32.2. The highest BCUT2D eigenvalue weighted by Gasteiger charge is 2.05. The number of benzene rings is 1. The first-order valence-electron chi connectivity index (χ1n) is 8.03. The number of sulfone groups is 1. The van der Waals surface area contributed by atoms with Crippen LogP contribution in [-0.4, -0.2) is 21.2 Å². The third kappa shape index (κ3) is 8.22. The molecular weight excluding hydrogens is 282 g/mol. The maximum atomic E-state index is 11.4. The minimum atomic E-state index is -3.08. The van der Waals surface area contributed by atoms with E-state index >= 15 is 0 Å². The monoisotopic (exact) mass is 311 g/mol. The van der Waals surface area contributed by atoms with Crippen LogP contribution in [0.25, 0.3) is 0 Å². The molecule has 1 aromatic carbocycles. The molecule has 0 aliphatic heterocycles. The third-order valence-corrected chi connectivity index (χ3v) is 4.77. The van der Waals surface area contributed by atoms with Crippen LogP contribution in [0.5, 0.6) is 0 Å². The van der Waals surface area contributed by atoms with Crippen LogP contribution < -0.4 is 5.32 Å². The fourth-order valence-corrected chi connectivity index (χ4v) is 2.92. The standard InChI is InChI=1S/C17H29NO2S/c1-3-4-5-6-7-8-9-14-18-15-16-10-12-17(13-11-16)21(2,19)20/h10-13,18H,3-9,14-15H2,1-2H3. The van der Waals surface area contributed by atoms with Crippen LogP contribution in [0.2, 0.25) is 0 Å². The molecule has 0 saturated carbocycles. The Bertz CT molecular complexity index is 480. The second kappa shape index (κ2) is 9.96. The Hall–Kier alpha value is -0.870. The van der Waals surface area contributed by atoms with Gasteiger partial charge in [-0.3, -0.25) is 0 Å². The SMILES string of the molecule is CCCCCCCCCNCc1ccc(S(C)(=O)=O)cc1. The van der Waals surface area contributed by atoms with Crippen LogP contribution in [0.15, 0.2) is 29.2 Å². The Labute approximate surface area is 130 Å². The van der Waals surface area contributed by atoms with Crippen molar-refractivity contribution in [3.05, 3.63) is 29.8 Å². The number of nitrogens with one attached hydrogen (secondary N) is 1. The molecule has 0 saturated heterocycles. The van der Waals surface area contributed by atoms with Crippen molar-refractivity contribution in [1.29, 1.82) is 0 Å². The van der Waals surface area contributed by atoms with E-state index in [2.05, 4.69) is 12.2 Å². The minimum Gasteiger partial charge on any atom is -0.313 e. The van der Waals surface area contributed by atoms with E-state index < -0.39 is 9.84 Å². The Morgan fingerprint density at radius 2 is 1.48 bits per heavy atom. The normalized spacial score (nSPS) is 11.7. The Balaban J connectivity index is 2.10. The molecule has 0 atom stereocenters. The van der Waals surface area contributed by atoms with E-state index in [-0.39, 0.29) is 0 Å². The molecule has 0 bridgehead atoms. The number of hydrogen-bond donors (Lipinski definition) is 1. The van der Waals surface area contributed by atoms with Crippen LogP contribution in [0.1, 0.15) is 57.4 Å². The lowest BCUT2D eigenvalue weighted by molar-refractivity contribution is 0.562. The predicted octanol–water partition coefficient (Wildman–Crippen LogP) is 3.93. The molecule has 0 spiro atoms. The van der Waals surface area contributed by atoms with Gasteiger partial charge in [-0.25, -0.2) is 8.42 Å². The fourth-order valence-electron chi connectivity index (χ4n) is 2.29. The Kier molecular flexibility index (Phi) is 8.62. The third-order valence-electron chi connectivity index (χ3n) is 3.64. The smallest absolute Gasteiger partial charge is 0.175 e. The summed E-state index contributed by atoms with van der Waals surface area (Å²) in [5, 5.41) is 3.41. The van der Waals surface area contributed by atoms with Gasteiger partial charge in [0, 0.05) is 12.8 Å². The first kappa shape index (κ1) is 18.2. The second-order valence-corrected chi connectivity index (χ2v) is 7.73. The lowest BCUT2D eigenvalue weighted by Crippen LogP contribution is -2.14. The first-order valence-corrected chi connectivity index (χ1v) is 9.93. The highest BCUT2D eigenvalue weighted by Crippen LogP contribution is 2.10. The zero-order chi connectivity index (χ0) is 15.6. The zero-order valence-electron chi connectivity index (χ0n) is 13.4. The van der Waals surface area contributed by atoms with Gasteiger partial charge in [-0.15, -0.1) is 0 Å². The molecule has 1 rings (SSSR count). The van der Waals surface area contributed by atoms with E-state index in [9.17, 15) is 8.42 Å². The van der Waals surface area contributed by atoms with Gasteiger partial charge in [0.25, 0.3) is 0 Å². The van der Waals surface area contributed by atoms with Crippen molar-refractivity contribution < 1.29 is 8.42 Å². The van der Waals surface area contributed by atoms with E-state index in [4.69, 9.17) is 0 Å². The quantitative estimate of drug-likeness (QED) is 0.630.